The van der Waals surface area contributed by atoms with Crippen LogP contribution in [-0.4, -0.2) is 54.6 Å². The normalized spacial score (nSPS) is 30.8. The molecule has 28 heavy (non-hydrogen) atoms. The van der Waals surface area contributed by atoms with Crippen LogP contribution < -0.4 is 0 Å². The summed E-state index contributed by atoms with van der Waals surface area (Å²) in [6.45, 7) is 2.92. The number of benzene rings is 2. The van der Waals surface area contributed by atoms with Crippen LogP contribution in [0.3, 0.4) is 0 Å². The van der Waals surface area contributed by atoms with Crippen LogP contribution in [0.15, 0.2) is 48.5 Å². The number of hydrogen-bond acceptors (Lipinski definition) is 4. The first-order chi connectivity index (χ1) is 13.6. The van der Waals surface area contributed by atoms with E-state index in [0.29, 0.717) is 6.54 Å². The van der Waals surface area contributed by atoms with Gasteiger partial charge in [-0.05, 0) is 28.7 Å². The van der Waals surface area contributed by atoms with Crippen LogP contribution in [-0.2, 0) is 9.47 Å². The van der Waals surface area contributed by atoms with Crippen molar-refractivity contribution in [3.05, 3.63) is 59.7 Å². The van der Waals surface area contributed by atoms with Gasteiger partial charge in [-0.25, -0.2) is 4.79 Å². The van der Waals surface area contributed by atoms with E-state index in [1.165, 1.54) is 29.4 Å². The van der Waals surface area contributed by atoms with Crippen LogP contribution in [0.5, 0.6) is 0 Å². The molecule has 2 fully saturated rings. The molecule has 0 aromatic heterocycles. The molecule has 0 bridgehead atoms. The molecule has 1 aliphatic carbocycles. The average molecular weight is 379 g/mol. The van der Waals surface area contributed by atoms with E-state index in [4.69, 9.17) is 9.47 Å². The number of amides is 1. The zero-order valence-corrected chi connectivity index (χ0v) is 16.2. The number of aliphatic hydroxyl groups excluding tert-OH is 1. The molecule has 2 saturated heterocycles. The van der Waals surface area contributed by atoms with E-state index in [1.807, 2.05) is 0 Å². The van der Waals surface area contributed by atoms with Gasteiger partial charge in [-0.1, -0.05) is 55.5 Å². The molecule has 4 atom stereocenters. The maximum atomic E-state index is 12.5. The molecule has 1 N–H and O–H groups in total. The van der Waals surface area contributed by atoms with Crippen molar-refractivity contribution in [2.45, 2.75) is 37.5 Å². The van der Waals surface area contributed by atoms with Gasteiger partial charge < -0.3 is 14.6 Å². The fourth-order valence-electron chi connectivity index (χ4n) is 5.84. The standard InChI is InChI=1S/C23H25NO4/c1-3-23(13-24(22(26)27-2)20-18(25)12-28-21(20)23)19-16-10-6-4-8-14(16)15-9-5-7-11-17(15)19/h4-11,18-21,25H,3,12-13H2,1-2H3/t18-,20+,21-,23+/m0/s1. The Morgan fingerprint density at radius 2 is 1.79 bits per heavy atom. The summed E-state index contributed by atoms with van der Waals surface area (Å²) >= 11 is 0. The van der Waals surface area contributed by atoms with Gasteiger partial charge in [0.1, 0.15) is 6.10 Å². The second kappa shape index (κ2) is 6.33. The molecular formula is C23H25NO4. The van der Waals surface area contributed by atoms with Gasteiger partial charge >= 0.3 is 6.09 Å². The smallest absolute Gasteiger partial charge is 0.409 e. The van der Waals surface area contributed by atoms with E-state index in [0.717, 1.165) is 6.42 Å². The van der Waals surface area contributed by atoms with Crippen LogP contribution in [0.1, 0.15) is 30.4 Å². The number of nitrogens with zero attached hydrogens (tertiary/aromatic N) is 1. The number of methoxy groups -OCH3 is 1. The van der Waals surface area contributed by atoms with Crippen LogP contribution in [0.4, 0.5) is 4.79 Å². The summed E-state index contributed by atoms with van der Waals surface area (Å²) in [6, 6.07) is 16.7. The Kier molecular flexibility index (Phi) is 4.00. The van der Waals surface area contributed by atoms with Crippen molar-refractivity contribution in [1.82, 2.24) is 4.90 Å². The van der Waals surface area contributed by atoms with Crippen LogP contribution in [0, 0.1) is 5.41 Å². The highest BCUT2D eigenvalue weighted by Gasteiger charge is 2.63. The minimum Gasteiger partial charge on any atom is -0.453 e. The lowest BCUT2D eigenvalue weighted by atomic mass is 9.66. The zero-order valence-electron chi connectivity index (χ0n) is 16.2. The fourth-order valence-corrected chi connectivity index (χ4v) is 5.84. The van der Waals surface area contributed by atoms with Crippen molar-refractivity contribution in [2.75, 3.05) is 20.3 Å². The molecule has 2 aromatic rings. The van der Waals surface area contributed by atoms with Gasteiger partial charge in [0.25, 0.3) is 0 Å². The van der Waals surface area contributed by atoms with Crippen molar-refractivity contribution >= 4 is 6.09 Å². The first-order valence-electron chi connectivity index (χ1n) is 9.95. The van der Waals surface area contributed by atoms with E-state index in [-0.39, 0.29) is 30.1 Å². The minimum atomic E-state index is -0.690. The molecule has 5 heteroatoms. The lowest BCUT2D eigenvalue weighted by Crippen LogP contribution is -2.44. The summed E-state index contributed by atoms with van der Waals surface area (Å²) in [6.07, 6.45) is -0.475. The van der Waals surface area contributed by atoms with Gasteiger partial charge in [-0.2, -0.15) is 0 Å². The monoisotopic (exact) mass is 379 g/mol. The van der Waals surface area contributed by atoms with E-state index < -0.39 is 12.2 Å². The Morgan fingerprint density at radius 1 is 1.18 bits per heavy atom. The molecule has 2 aromatic carbocycles. The number of likely N-dealkylation sites (tertiary alicyclic amines) is 1. The van der Waals surface area contributed by atoms with Crippen LogP contribution >= 0.6 is 0 Å². The fraction of sp³-hybridized carbons (Fsp3) is 0.435. The Morgan fingerprint density at radius 3 is 2.36 bits per heavy atom. The van der Waals surface area contributed by atoms with Crippen molar-refractivity contribution in [2.24, 2.45) is 5.41 Å². The van der Waals surface area contributed by atoms with Gasteiger partial charge in [0.05, 0.1) is 25.9 Å². The van der Waals surface area contributed by atoms with Crippen molar-refractivity contribution in [3.63, 3.8) is 0 Å². The molecule has 1 amide bonds. The summed E-state index contributed by atoms with van der Waals surface area (Å²) in [5.41, 5.74) is 4.74. The predicted molar refractivity (Wildman–Crippen MR) is 105 cm³/mol. The molecule has 3 aliphatic rings. The quantitative estimate of drug-likeness (QED) is 0.869. The Labute approximate surface area is 164 Å². The van der Waals surface area contributed by atoms with E-state index in [1.54, 1.807) is 4.90 Å². The molecule has 146 valence electrons. The molecule has 2 heterocycles. The Bertz CT molecular complexity index is 883. The highest BCUT2D eigenvalue weighted by molar-refractivity contribution is 5.79. The van der Waals surface area contributed by atoms with Gasteiger partial charge in [0.2, 0.25) is 0 Å². The topological polar surface area (TPSA) is 59.0 Å². The number of carbonyl (C=O) groups excluding carboxylic acids is 1. The third kappa shape index (κ3) is 2.17. The van der Waals surface area contributed by atoms with Gasteiger partial charge in [0, 0.05) is 17.9 Å². The highest BCUT2D eigenvalue weighted by atomic mass is 16.5. The molecule has 5 rings (SSSR count). The summed E-state index contributed by atoms with van der Waals surface area (Å²) in [7, 11) is 1.39. The van der Waals surface area contributed by atoms with Crippen molar-refractivity contribution in [3.8, 4) is 11.1 Å². The lowest BCUT2D eigenvalue weighted by Gasteiger charge is -2.39. The Hall–Kier alpha value is -2.37. The van der Waals surface area contributed by atoms with E-state index in [2.05, 4.69) is 55.5 Å². The summed E-state index contributed by atoms with van der Waals surface area (Å²) in [5.74, 6) is 0.109. The average Bonchev–Trinajstić information content (AvgIpc) is 3.38. The molecular weight excluding hydrogens is 354 g/mol. The number of hydrogen-bond donors (Lipinski definition) is 1. The lowest BCUT2D eigenvalue weighted by molar-refractivity contribution is 0.00345. The molecule has 0 radical (unpaired) electrons. The third-order valence-corrected chi connectivity index (χ3v) is 7.02. The van der Waals surface area contributed by atoms with Crippen LogP contribution in [0.25, 0.3) is 11.1 Å². The minimum absolute atomic E-state index is 0.109. The largest absolute Gasteiger partial charge is 0.453 e. The maximum Gasteiger partial charge on any atom is 0.409 e. The van der Waals surface area contributed by atoms with Gasteiger partial charge in [-0.3, -0.25) is 4.90 Å². The van der Waals surface area contributed by atoms with Crippen molar-refractivity contribution < 1.29 is 19.4 Å². The first kappa shape index (κ1) is 17.7. The first-order valence-corrected chi connectivity index (χ1v) is 9.95. The van der Waals surface area contributed by atoms with Crippen molar-refractivity contribution in [1.29, 1.82) is 0 Å². The molecule has 5 nitrogen and oxygen atoms in total. The second-order valence-corrected chi connectivity index (χ2v) is 8.10. The number of aliphatic hydroxyl groups is 1. The van der Waals surface area contributed by atoms with E-state index in [9.17, 15) is 9.90 Å². The molecule has 0 unspecified atom stereocenters. The molecule has 0 spiro atoms. The SMILES string of the molecule is CC[C@]1(C2c3ccccc3-c3ccccc32)CN(C(=O)OC)[C@@H]2[C@@H](O)CO[C@@H]21. The van der Waals surface area contributed by atoms with Crippen LogP contribution in [0.2, 0.25) is 0 Å². The van der Waals surface area contributed by atoms with Gasteiger partial charge in [-0.15, -0.1) is 0 Å². The maximum absolute atomic E-state index is 12.5. The Balaban J connectivity index is 1.70. The summed E-state index contributed by atoms with van der Waals surface area (Å²) < 4.78 is 11.2. The summed E-state index contributed by atoms with van der Waals surface area (Å²) in [4.78, 5) is 14.2. The molecule has 2 aliphatic heterocycles. The number of fused-ring (bicyclic) bond motifs is 4. The number of ether oxygens (including phenoxy) is 2. The molecule has 0 saturated carbocycles. The van der Waals surface area contributed by atoms with Gasteiger partial charge in [0.15, 0.2) is 0 Å². The summed E-state index contributed by atoms with van der Waals surface area (Å²) in [5, 5.41) is 10.6. The second-order valence-electron chi connectivity index (χ2n) is 8.10. The van der Waals surface area contributed by atoms with E-state index >= 15 is 0 Å². The zero-order chi connectivity index (χ0) is 19.5. The predicted octanol–water partition coefficient (Wildman–Crippen LogP) is 3.41. The third-order valence-electron chi connectivity index (χ3n) is 7.02. The number of carbonyl (C=O) groups is 1. The highest BCUT2D eigenvalue weighted by Crippen LogP contribution is 2.60. The number of rotatable bonds is 2.